The maximum absolute atomic E-state index is 12.2. The first-order valence-corrected chi connectivity index (χ1v) is 5.66. The van der Waals surface area contributed by atoms with Crippen molar-refractivity contribution in [1.82, 2.24) is 4.90 Å². The molecule has 1 aliphatic carbocycles. The van der Waals surface area contributed by atoms with E-state index in [0.29, 0.717) is 13.1 Å². The molecular formula is C12H18N2O2. The largest absolute Gasteiger partial charge is 0.467 e. The molecule has 1 aromatic heterocycles. The van der Waals surface area contributed by atoms with Gasteiger partial charge in [-0.1, -0.05) is 6.42 Å². The molecular weight excluding hydrogens is 204 g/mol. The van der Waals surface area contributed by atoms with Crippen molar-refractivity contribution in [2.45, 2.75) is 25.8 Å². The summed E-state index contributed by atoms with van der Waals surface area (Å²) in [6.07, 6.45) is 4.57. The molecule has 4 nitrogen and oxygen atoms in total. The summed E-state index contributed by atoms with van der Waals surface area (Å²) in [5.74, 6) is 0.958. The summed E-state index contributed by atoms with van der Waals surface area (Å²) in [6.45, 7) is 0.974. The van der Waals surface area contributed by atoms with Gasteiger partial charge in [0.05, 0.1) is 18.2 Å². The molecule has 1 saturated carbocycles. The number of rotatable bonds is 4. The van der Waals surface area contributed by atoms with Gasteiger partial charge in [-0.25, -0.2) is 0 Å². The van der Waals surface area contributed by atoms with E-state index in [0.717, 1.165) is 25.0 Å². The number of nitrogens with two attached hydrogens (primary N) is 1. The summed E-state index contributed by atoms with van der Waals surface area (Å²) < 4.78 is 5.23. The van der Waals surface area contributed by atoms with Crippen LogP contribution in [0.25, 0.3) is 0 Å². The zero-order valence-corrected chi connectivity index (χ0v) is 9.61. The normalized spacial score (nSPS) is 17.9. The molecule has 88 valence electrons. The molecule has 1 aromatic rings. The average Bonchev–Trinajstić information content (AvgIpc) is 2.69. The van der Waals surface area contributed by atoms with Crippen molar-refractivity contribution in [3.05, 3.63) is 24.2 Å². The highest BCUT2D eigenvalue weighted by Gasteiger charge is 2.44. The summed E-state index contributed by atoms with van der Waals surface area (Å²) in [7, 11) is 1.81. The standard InChI is InChI=1S/C12H18N2O2/c1-14(8-10-4-2-7-16-10)11(15)12(9-13)5-3-6-12/h2,4,7H,3,5-6,8-9,13H2,1H3. The molecule has 0 atom stereocenters. The molecule has 16 heavy (non-hydrogen) atoms. The Hall–Kier alpha value is -1.29. The van der Waals surface area contributed by atoms with Gasteiger partial charge in [0.2, 0.25) is 5.91 Å². The van der Waals surface area contributed by atoms with Crippen LogP contribution in [0.4, 0.5) is 0 Å². The van der Waals surface area contributed by atoms with Gasteiger partial charge < -0.3 is 15.1 Å². The van der Waals surface area contributed by atoms with Gasteiger partial charge in [0.25, 0.3) is 0 Å². The quantitative estimate of drug-likeness (QED) is 0.837. The van der Waals surface area contributed by atoms with Crippen LogP contribution in [-0.4, -0.2) is 24.4 Å². The number of furan rings is 1. The Morgan fingerprint density at radius 2 is 2.38 bits per heavy atom. The van der Waals surface area contributed by atoms with Crippen molar-refractivity contribution in [1.29, 1.82) is 0 Å². The zero-order chi connectivity index (χ0) is 11.6. The Balaban J connectivity index is 1.99. The minimum absolute atomic E-state index is 0.151. The Morgan fingerprint density at radius 3 is 2.81 bits per heavy atom. The highest BCUT2D eigenvalue weighted by atomic mass is 16.3. The lowest BCUT2D eigenvalue weighted by molar-refractivity contribution is -0.146. The summed E-state index contributed by atoms with van der Waals surface area (Å²) in [5.41, 5.74) is 5.42. The van der Waals surface area contributed by atoms with E-state index in [4.69, 9.17) is 10.2 Å². The van der Waals surface area contributed by atoms with Crippen LogP contribution in [0.15, 0.2) is 22.8 Å². The molecule has 0 radical (unpaired) electrons. The summed E-state index contributed by atoms with van der Waals surface area (Å²) in [4.78, 5) is 13.9. The maximum Gasteiger partial charge on any atom is 0.230 e. The van der Waals surface area contributed by atoms with Gasteiger partial charge in [-0.2, -0.15) is 0 Å². The van der Waals surface area contributed by atoms with Crippen LogP contribution >= 0.6 is 0 Å². The molecule has 0 aliphatic heterocycles. The van der Waals surface area contributed by atoms with Gasteiger partial charge >= 0.3 is 0 Å². The molecule has 0 spiro atoms. The lowest BCUT2D eigenvalue weighted by atomic mass is 9.68. The van der Waals surface area contributed by atoms with Crippen molar-refractivity contribution < 1.29 is 9.21 Å². The predicted octanol–water partition coefficient (Wildman–Crippen LogP) is 1.37. The molecule has 2 rings (SSSR count). The third kappa shape index (κ3) is 1.85. The van der Waals surface area contributed by atoms with Crippen LogP contribution < -0.4 is 5.73 Å². The average molecular weight is 222 g/mol. The molecule has 0 aromatic carbocycles. The van der Waals surface area contributed by atoms with Gasteiger partial charge in [0, 0.05) is 13.6 Å². The molecule has 1 aliphatic rings. The first-order chi connectivity index (χ1) is 7.68. The number of hydrogen-bond acceptors (Lipinski definition) is 3. The van der Waals surface area contributed by atoms with E-state index in [9.17, 15) is 4.79 Å². The van der Waals surface area contributed by atoms with E-state index in [2.05, 4.69) is 0 Å². The smallest absolute Gasteiger partial charge is 0.230 e. The van der Waals surface area contributed by atoms with Crippen molar-refractivity contribution in [2.24, 2.45) is 11.1 Å². The van der Waals surface area contributed by atoms with Crippen LogP contribution in [0.2, 0.25) is 0 Å². The third-order valence-corrected chi connectivity index (χ3v) is 3.47. The predicted molar refractivity (Wildman–Crippen MR) is 60.5 cm³/mol. The van der Waals surface area contributed by atoms with Gasteiger partial charge in [0.1, 0.15) is 5.76 Å². The first kappa shape index (κ1) is 11.2. The van der Waals surface area contributed by atoms with E-state index < -0.39 is 0 Å². The van der Waals surface area contributed by atoms with Crippen molar-refractivity contribution >= 4 is 5.91 Å². The Morgan fingerprint density at radius 1 is 1.62 bits per heavy atom. The van der Waals surface area contributed by atoms with E-state index in [1.54, 1.807) is 18.2 Å². The van der Waals surface area contributed by atoms with E-state index in [-0.39, 0.29) is 11.3 Å². The second kappa shape index (κ2) is 4.29. The fourth-order valence-electron chi connectivity index (χ4n) is 2.22. The maximum atomic E-state index is 12.2. The molecule has 1 amide bonds. The Kier molecular flexibility index (Phi) is 3.01. The van der Waals surface area contributed by atoms with Crippen LogP contribution in [0.5, 0.6) is 0 Å². The van der Waals surface area contributed by atoms with Crippen molar-refractivity contribution in [3.8, 4) is 0 Å². The monoisotopic (exact) mass is 222 g/mol. The highest BCUT2D eigenvalue weighted by molar-refractivity contribution is 5.83. The molecule has 4 heteroatoms. The van der Waals surface area contributed by atoms with Gasteiger partial charge in [-0.3, -0.25) is 4.79 Å². The van der Waals surface area contributed by atoms with Gasteiger partial charge in [-0.05, 0) is 25.0 Å². The lowest BCUT2D eigenvalue weighted by Crippen LogP contribution is -2.50. The highest BCUT2D eigenvalue weighted by Crippen LogP contribution is 2.41. The summed E-state index contributed by atoms with van der Waals surface area (Å²) in [6, 6.07) is 3.70. The second-order valence-corrected chi connectivity index (χ2v) is 4.58. The molecule has 2 N–H and O–H groups in total. The number of carbonyl (C=O) groups excluding carboxylic acids is 1. The third-order valence-electron chi connectivity index (χ3n) is 3.47. The molecule has 0 bridgehead atoms. The fourth-order valence-corrected chi connectivity index (χ4v) is 2.22. The van der Waals surface area contributed by atoms with Gasteiger partial charge in [-0.15, -0.1) is 0 Å². The van der Waals surface area contributed by atoms with E-state index in [1.807, 2.05) is 12.1 Å². The topological polar surface area (TPSA) is 59.5 Å². The number of amides is 1. The lowest BCUT2D eigenvalue weighted by Gasteiger charge is -2.41. The number of carbonyl (C=O) groups is 1. The molecule has 0 saturated heterocycles. The number of hydrogen-bond donors (Lipinski definition) is 1. The van der Waals surface area contributed by atoms with Crippen LogP contribution in [0.3, 0.4) is 0 Å². The van der Waals surface area contributed by atoms with Crippen molar-refractivity contribution in [3.63, 3.8) is 0 Å². The molecule has 1 fully saturated rings. The van der Waals surface area contributed by atoms with Crippen LogP contribution in [-0.2, 0) is 11.3 Å². The summed E-state index contributed by atoms with van der Waals surface area (Å²) >= 11 is 0. The molecule has 1 heterocycles. The Labute approximate surface area is 95.4 Å². The minimum atomic E-state index is -0.290. The van der Waals surface area contributed by atoms with Crippen molar-refractivity contribution in [2.75, 3.05) is 13.6 Å². The fraction of sp³-hybridized carbons (Fsp3) is 0.583. The number of nitrogens with zero attached hydrogens (tertiary/aromatic N) is 1. The van der Waals surface area contributed by atoms with E-state index >= 15 is 0 Å². The molecule has 0 unspecified atom stereocenters. The van der Waals surface area contributed by atoms with Gasteiger partial charge in [0.15, 0.2) is 0 Å². The van der Waals surface area contributed by atoms with Crippen LogP contribution in [0.1, 0.15) is 25.0 Å². The minimum Gasteiger partial charge on any atom is -0.467 e. The second-order valence-electron chi connectivity index (χ2n) is 4.58. The van der Waals surface area contributed by atoms with Crippen LogP contribution in [0, 0.1) is 5.41 Å². The SMILES string of the molecule is CN(Cc1ccco1)C(=O)C1(CN)CCC1. The zero-order valence-electron chi connectivity index (χ0n) is 9.61. The first-order valence-electron chi connectivity index (χ1n) is 5.66. The summed E-state index contributed by atoms with van der Waals surface area (Å²) in [5, 5.41) is 0. The van der Waals surface area contributed by atoms with E-state index in [1.165, 1.54) is 0 Å². The Bertz CT molecular complexity index is 350.